The van der Waals surface area contributed by atoms with Crippen LogP contribution in [0.25, 0.3) is 0 Å². The van der Waals surface area contributed by atoms with Gasteiger partial charge in [-0.1, -0.05) is 50.6 Å². The first kappa shape index (κ1) is 13.4. The number of nitrogens with zero attached hydrogens (tertiary/aromatic N) is 1. The monoisotopic (exact) mass is 280 g/mol. The van der Waals surface area contributed by atoms with Crippen molar-refractivity contribution in [1.82, 2.24) is 4.98 Å². The molecule has 0 aliphatic heterocycles. The molecule has 0 atom stereocenters. The van der Waals surface area contributed by atoms with E-state index in [1.165, 1.54) is 4.88 Å². The third-order valence-corrected chi connectivity index (χ3v) is 3.99. The molecule has 2 nitrogen and oxygen atoms in total. The summed E-state index contributed by atoms with van der Waals surface area (Å²) < 4.78 is 0. The van der Waals surface area contributed by atoms with Crippen molar-refractivity contribution in [2.45, 2.75) is 32.6 Å². The topological polar surface area (TPSA) is 38.9 Å². The second-order valence-electron chi connectivity index (χ2n) is 5.34. The standard InChI is InChI=1S/C14H17ClN2S/c1-14(2,3)12-11(18-13(16)17-12)8-9-6-4-5-7-10(9)15/h4-7H,8H2,1-3H3,(H2,16,17). The van der Waals surface area contributed by atoms with Gasteiger partial charge in [0.05, 0.1) is 5.69 Å². The summed E-state index contributed by atoms with van der Waals surface area (Å²) in [7, 11) is 0. The fourth-order valence-corrected chi connectivity index (χ4v) is 3.16. The first-order valence-corrected chi connectivity index (χ1v) is 7.06. The van der Waals surface area contributed by atoms with Gasteiger partial charge in [-0.3, -0.25) is 0 Å². The average Bonchev–Trinajstić information content (AvgIpc) is 2.63. The molecule has 0 unspecified atom stereocenters. The van der Waals surface area contributed by atoms with Gasteiger partial charge < -0.3 is 5.73 Å². The number of hydrogen-bond donors (Lipinski definition) is 1. The van der Waals surface area contributed by atoms with E-state index in [4.69, 9.17) is 17.3 Å². The highest BCUT2D eigenvalue weighted by Gasteiger charge is 2.23. The molecule has 18 heavy (non-hydrogen) atoms. The molecule has 0 radical (unpaired) electrons. The molecule has 0 bridgehead atoms. The van der Waals surface area contributed by atoms with Crippen LogP contribution in [0.2, 0.25) is 5.02 Å². The van der Waals surface area contributed by atoms with Gasteiger partial charge in [-0.2, -0.15) is 0 Å². The SMILES string of the molecule is CC(C)(C)c1nc(N)sc1Cc1ccccc1Cl. The Labute approximate surface area is 117 Å². The van der Waals surface area contributed by atoms with E-state index in [2.05, 4.69) is 25.8 Å². The van der Waals surface area contributed by atoms with Crippen molar-refractivity contribution in [3.05, 3.63) is 45.4 Å². The summed E-state index contributed by atoms with van der Waals surface area (Å²) in [5, 5.41) is 1.42. The Kier molecular flexibility index (Phi) is 3.64. The molecule has 96 valence electrons. The van der Waals surface area contributed by atoms with Crippen LogP contribution in [0, 0.1) is 0 Å². The van der Waals surface area contributed by atoms with Crippen molar-refractivity contribution in [1.29, 1.82) is 0 Å². The zero-order valence-corrected chi connectivity index (χ0v) is 12.4. The van der Waals surface area contributed by atoms with Gasteiger partial charge in [0.2, 0.25) is 0 Å². The Morgan fingerprint density at radius 1 is 1.28 bits per heavy atom. The van der Waals surface area contributed by atoms with E-state index in [9.17, 15) is 0 Å². The molecule has 1 aromatic carbocycles. The number of nitrogen functional groups attached to an aromatic ring is 1. The maximum Gasteiger partial charge on any atom is 0.180 e. The Morgan fingerprint density at radius 3 is 2.56 bits per heavy atom. The van der Waals surface area contributed by atoms with Crippen LogP contribution >= 0.6 is 22.9 Å². The highest BCUT2D eigenvalue weighted by atomic mass is 35.5. The molecule has 2 rings (SSSR count). The predicted molar refractivity (Wildman–Crippen MR) is 79.5 cm³/mol. The molecule has 0 saturated carbocycles. The molecule has 0 aliphatic carbocycles. The highest BCUT2D eigenvalue weighted by molar-refractivity contribution is 7.15. The maximum absolute atomic E-state index is 6.20. The Morgan fingerprint density at radius 2 is 1.94 bits per heavy atom. The normalized spacial score (nSPS) is 11.8. The Hall–Kier alpha value is -1.06. The first-order chi connectivity index (χ1) is 8.38. The summed E-state index contributed by atoms with van der Waals surface area (Å²) >= 11 is 7.75. The smallest absolute Gasteiger partial charge is 0.180 e. The Bertz CT molecular complexity index is 555. The van der Waals surface area contributed by atoms with Gasteiger partial charge in [0.15, 0.2) is 5.13 Å². The molecule has 4 heteroatoms. The van der Waals surface area contributed by atoms with Gasteiger partial charge in [0.25, 0.3) is 0 Å². The number of rotatable bonds is 2. The van der Waals surface area contributed by atoms with E-state index in [0.717, 1.165) is 22.7 Å². The van der Waals surface area contributed by atoms with Gasteiger partial charge in [0, 0.05) is 21.7 Å². The van der Waals surface area contributed by atoms with Crippen LogP contribution in [-0.4, -0.2) is 4.98 Å². The summed E-state index contributed by atoms with van der Waals surface area (Å²) in [6, 6.07) is 7.91. The van der Waals surface area contributed by atoms with E-state index in [1.54, 1.807) is 11.3 Å². The Balaban J connectivity index is 2.38. The fraction of sp³-hybridized carbons (Fsp3) is 0.357. The minimum atomic E-state index is 0.00467. The third-order valence-electron chi connectivity index (χ3n) is 2.73. The largest absolute Gasteiger partial charge is 0.375 e. The third kappa shape index (κ3) is 2.85. The highest BCUT2D eigenvalue weighted by Crippen LogP contribution is 2.33. The summed E-state index contributed by atoms with van der Waals surface area (Å²) in [6.07, 6.45) is 0.793. The minimum absolute atomic E-state index is 0.00467. The molecule has 1 aromatic heterocycles. The first-order valence-electron chi connectivity index (χ1n) is 5.87. The van der Waals surface area contributed by atoms with E-state index in [1.807, 2.05) is 24.3 Å². The van der Waals surface area contributed by atoms with Crippen molar-refractivity contribution in [2.75, 3.05) is 5.73 Å². The maximum atomic E-state index is 6.20. The van der Waals surface area contributed by atoms with Crippen molar-refractivity contribution in [3.8, 4) is 0 Å². The van der Waals surface area contributed by atoms with Crippen molar-refractivity contribution in [2.24, 2.45) is 0 Å². The van der Waals surface area contributed by atoms with E-state index in [0.29, 0.717) is 5.13 Å². The molecule has 0 amide bonds. The molecule has 1 heterocycles. The number of nitrogens with two attached hydrogens (primary N) is 1. The lowest BCUT2D eigenvalue weighted by Gasteiger charge is -2.17. The molecule has 0 aliphatic rings. The zero-order chi connectivity index (χ0) is 13.3. The van der Waals surface area contributed by atoms with E-state index < -0.39 is 0 Å². The molecule has 0 fully saturated rings. The summed E-state index contributed by atoms with van der Waals surface area (Å²) in [4.78, 5) is 5.66. The van der Waals surface area contributed by atoms with Gasteiger partial charge >= 0.3 is 0 Å². The molecular formula is C14H17ClN2S. The van der Waals surface area contributed by atoms with Crippen LogP contribution in [0.5, 0.6) is 0 Å². The number of anilines is 1. The summed E-state index contributed by atoms with van der Waals surface area (Å²) in [5.74, 6) is 0. The van der Waals surface area contributed by atoms with E-state index >= 15 is 0 Å². The summed E-state index contributed by atoms with van der Waals surface area (Å²) in [5.41, 5.74) is 8.04. The van der Waals surface area contributed by atoms with Crippen LogP contribution in [0.3, 0.4) is 0 Å². The van der Waals surface area contributed by atoms with Crippen molar-refractivity contribution in [3.63, 3.8) is 0 Å². The molecule has 0 spiro atoms. The molecular weight excluding hydrogens is 264 g/mol. The second-order valence-corrected chi connectivity index (χ2v) is 6.86. The number of aromatic nitrogens is 1. The predicted octanol–water partition coefficient (Wildman–Crippen LogP) is 4.27. The van der Waals surface area contributed by atoms with Crippen molar-refractivity contribution < 1.29 is 0 Å². The number of benzene rings is 1. The lowest BCUT2D eigenvalue weighted by Crippen LogP contribution is -2.14. The summed E-state index contributed by atoms with van der Waals surface area (Å²) in [6.45, 7) is 6.45. The quantitative estimate of drug-likeness (QED) is 0.892. The van der Waals surface area contributed by atoms with Crippen molar-refractivity contribution >= 4 is 28.1 Å². The second kappa shape index (κ2) is 4.90. The molecule has 2 N–H and O–H groups in total. The van der Waals surface area contributed by atoms with Crippen LogP contribution in [-0.2, 0) is 11.8 Å². The van der Waals surface area contributed by atoms with Gasteiger partial charge in [-0.15, -0.1) is 11.3 Å². The number of hydrogen-bond acceptors (Lipinski definition) is 3. The zero-order valence-electron chi connectivity index (χ0n) is 10.8. The van der Waals surface area contributed by atoms with Crippen LogP contribution < -0.4 is 5.73 Å². The van der Waals surface area contributed by atoms with Gasteiger partial charge in [-0.25, -0.2) is 4.98 Å². The average molecular weight is 281 g/mol. The van der Waals surface area contributed by atoms with Crippen LogP contribution in [0.15, 0.2) is 24.3 Å². The minimum Gasteiger partial charge on any atom is -0.375 e. The number of thiazole rings is 1. The van der Waals surface area contributed by atoms with Gasteiger partial charge in [-0.05, 0) is 11.6 Å². The molecule has 0 saturated heterocycles. The molecule has 2 aromatic rings. The lowest BCUT2D eigenvalue weighted by molar-refractivity contribution is 0.568. The van der Waals surface area contributed by atoms with Crippen LogP contribution in [0.4, 0.5) is 5.13 Å². The van der Waals surface area contributed by atoms with E-state index in [-0.39, 0.29) is 5.41 Å². The number of halogens is 1. The fourth-order valence-electron chi connectivity index (χ4n) is 1.89. The van der Waals surface area contributed by atoms with Crippen LogP contribution in [0.1, 0.15) is 36.9 Å². The lowest BCUT2D eigenvalue weighted by atomic mass is 9.90. The van der Waals surface area contributed by atoms with Gasteiger partial charge in [0.1, 0.15) is 0 Å².